The lowest BCUT2D eigenvalue weighted by molar-refractivity contribution is 0.102. The summed E-state index contributed by atoms with van der Waals surface area (Å²) in [5, 5.41) is 4.41. The number of para-hydroxylation sites is 1. The summed E-state index contributed by atoms with van der Waals surface area (Å²) >= 11 is 1.45. The van der Waals surface area contributed by atoms with E-state index in [-0.39, 0.29) is 5.91 Å². The molecule has 1 aliphatic rings. The first-order valence-electron chi connectivity index (χ1n) is 11.1. The van der Waals surface area contributed by atoms with Crippen LogP contribution in [-0.2, 0) is 0 Å². The van der Waals surface area contributed by atoms with Crippen molar-refractivity contribution >= 4 is 33.3 Å². The third kappa shape index (κ3) is 4.50. The summed E-state index contributed by atoms with van der Waals surface area (Å²) in [7, 11) is 0. The number of pyridine rings is 1. The minimum atomic E-state index is -0.205. The Morgan fingerprint density at radius 2 is 1.91 bits per heavy atom. The Hall–Kier alpha value is -3.25. The first-order valence-corrected chi connectivity index (χ1v) is 11.9. The van der Waals surface area contributed by atoms with Gasteiger partial charge in [-0.25, -0.2) is 9.97 Å². The van der Waals surface area contributed by atoms with Gasteiger partial charge in [0.1, 0.15) is 5.75 Å². The SMILES string of the molecule is Cc1cnc(NC(=O)c2cccc3ccc(-c4cccc(OC5CCCCC5)c4)nc23)s1. The van der Waals surface area contributed by atoms with Crippen molar-refractivity contribution in [3.05, 3.63) is 71.2 Å². The molecule has 5 nitrogen and oxygen atoms in total. The third-order valence-corrected chi connectivity index (χ3v) is 6.62. The molecule has 0 unspecified atom stereocenters. The first kappa shape index (κ1) is 20.6. The molecule has 1 N–H and O–H groups in total. The summed E-state index contributed by atoms with van der Waals surface area (Å²) in [6.45, 7) is 1.96. The average molecular weight is 444 g/mol. The smallest absolute Gasteiger partial charge is 0.259 e. The van der Waals surface area contributed by atoms with Crippen LogP contribution in [0.15, 0.2) is 60.8 Å². The van der Waals surface area contributed by atoms with Gasteiger partial charge in [0.05, 0.1) is 22.9 Å². The molecular weight excluding hydrogens is 418 g/mol. The number of anilines is 1. The van der Waals surface area contributed by atoms with Crippen LogP contribution in [0.25, 0.3) is 22.2 Å². The van der Waals surface area contributed by atoms with Crippen LogP contribution in [0.3, 0.4) is 0 Å². The Morgan fingerprint density at radius 3 is 2.72 bits per heavy atom. The summed E-state index contributed by atoms with van der Waals surface area (Å²) < 4.78 is 6.24. The van der Waals surface area contributed by atoms with E-state index in [1.54, 1.807) is 12.3 Å². The standard InChI is InChI=1S/C26H25N3O2S/c1-17-16-27-26(32-17)29-25(30)22-12-6-7-18-13-14-23(28-24(18)22)19-8-5-11-21(15-19)31-20-9-3-2-4-10-20/h5-8,11-16,20H,2-4,9-10H2,1H3,(H,27,29,30). The highest BCUT2D eigenvalue weighted by Gasteiger charge is 2.16. The van der Waals surface area contributed by atoms with Crippen molar-refractivity contribution in [2.45, 2.75) is 45.1 Å². The van der Waals surface area contributed by atoms with Gasteiger partial charge in [0.15, 0.2) is 5.13 Å². The Kier molecular flexibility index (Phi) is 5.86. The van der Waals surface area contributed by atoms with Crippen molar-refractivity contribution in [3.63, 3.8) is 0 Å². The van der Waals surface area contributed by atoms with E-state index in [1.807, 2.05) is 55.5 Å². The minimum Gasteiger partial charge on any atom is -0.490 e. The number of carbonyl (C=O) groups is 1. The number of rotatable bonds is 5. The van der Waals surface area contributed by atoms with Crippen LogP contribution >= 0.6 is 11.3 Å². The Labute approximate surface area is 191 Å². The van der Waals surface area contributed by atoms with Gasteiger partial charge in [0.25, 0.3) is 5.91 Å². The summed E-state index contributed by atoms with van der Waals surface area (Å²) in [5.74, 6) is 0.672. The number of thiazole rings is 1. The molecule has 4 aromatic rings. The summed E-state index contributed by atoms with van der Waals surface area (Å²) in [4.78, 5) is 23.1. The molecular formula is C26H25N3O2S. The number of ether oxygens (including phenoxy) is 1. The maximum atomic E-state index is 13.0. The normalized spacial score (nSPS) is 14.4. The highest BCUT2D eigenvalue weighted by molar-refractivity contribution is 7.15. The average Bonchev–Trinajstić information content (AvgIpc) is 3.23. The maximum Gasteiger partial charge on any atom is 0.259 e. The van der Waals surface area contributed by atoms with Gasteiger partial charge >= 0.3 is 0 Å². The predicted octanol–water partition coefficient (Wildman–Crippen LogP) is 6.63. The van der Waals surface area contributed by atoms with Crippen molar-refractivity contribution in [3.8, 4) is 17.0 Å². The van der Waals surface area contributed by atoms with E-state index < -0.39 is 0 Å². The van der Waals surface area contributed by atoms with Gasteiger partial charge in [-0.15, -0.1) is 11.3 Å². The molecule has 0 spiro atoms. The number of amides is 1. The van der Waals surface area contributed by atoms with Gasteiger partial charge in [-0.3, -0.25) is 10.1 Å². The molecule has 1 amide bonds. The number of hydrogen-bond donors (Lipinski definition) is 1. The van der Waals surface area contributed by atoms with Crippen LogP contribution in [0.1, 0.15) is 47.3 Å². The van der Waals surface area contributed by atoms with Crippen molar-refractivity contribution < 1.29 is 9.53 Å². The van der Waals surface area contributed by atoms with Crippen molar-refractivity contribution in [2.24, 2.45) is 0 Å². The first-order chi connectivity index (χ1) is 15.7. The molecule has 0 bridgehead atoms. The molecule has 1 saturated carbocycles. The number of nitrogens with zero attached hydrogens (tertiary/aromatic N) is 2. The lowest BCUT2D eigenvalue weighted by Gasteiger charge is -2.23. The lowest BCUT2D eigenvalue weighted by Crippen LogP contribution is -2.19. The number of nitrogens with one attached hydrogen (secondary N) is 1. The predicted molar refractivity (Wildman–Crippen MR) is 129 cm³/mol. The summed E-state index contributed by atoms with van der Waals surface area (Å²) in [6, 6.07) is 17.7. The summed E-state index contributed by atoms with van der Waals surface area (Å²) in [5.41, 5.74) is 3.00. The number of hydrogen-bond acceptors (Lipinski definition) is 5. The van der Waals surface area contributed by atoms with Crippen LogP contribution in [-0.4, -0.2) is 22.0 Å². The van der Waals surface area contributed by atoms with Gasteiger partial charge in [-0.1, -0.05) is 36.8 Å². The van der Waals surface area contributed by atoms with Gasteiger partial charge in [0.2, 0.25) is 0 Å². The van der Waals surface area contributed by atoms with Gasteiger partial charge in [-0.2, -0.15) is 0 Å². The van der Waals surface area contributed by atoms with Crippen molar-refractivity contribution in [1.29, 1.82) is 0 Å². The molecule has 0 aliphatic heterocycles. The zero-order valence-electron chi connectivity index (χ0n) is 18.0. The number of aryl methyl sites for hydroxylation is 1. The van der Waals surface area contributed by atoms with Gasteiger partial charge in [-0.05, 0) is 56.9 Å². The molecule has 2 aromatic heterocycles. The molecule has 0 saturated heterocycles. The Morgan fingerprint density at radius 1 is 1.06 bits per heavy atom. The fourth-order valence-electron chi connectivity index (χ4n) is 4.17. The topological polar surface area (TPSA) is 64.1 Å². The molecule has 1 fully saturated rings. The molecule has 32 heavy (non-hydrogen) atoms. The molecule has 162 valence electrons. The van der Waals surface area contributed by atoms with E-state index in [4.69, 9.17) is 9.72 Å². The van der Waals surface area contributed by atoms with Crippen LogP contribution < -0.4 is 10.1 Å². The zero-order valence-corrected chi connectivity index (χ0v) is 18.8. The molecule has 0 radical (unpaired) electrons. The molecule has 5 rings (SSSR count). The summed E-state index contributed by atoms with van der Waals surface area (Å²) in [6.07, 6.45) is 8.07. The second kappa shape index (κ2) is 9.09. The second-order valence-electron chi connectivity index (χ2n) is 8.21. The van der Waals surface area contributed by atoms with Crippen molar-refractivity contribution in [1.82, 2.24) is 9.97 Å². The van der Waals surface area contributed by atoms with Crippen LogP contribution in [0.2, 0.25) is 0 Å². The lowest BCUT2D eigenvalue weighted by atomic mass is 9.98. The van der Waals surface area contributed by atoms with Crippen LogP contribution in [0.4, 0.5) is 5.13 Å². The molecule has 6 heteroatoms. The van der Waals surface area contributed by atoms with Crippen LogP contribution in [0, 0.1) is 6.92 Å². The molecule has 2 heterocycles. The number of aromatic nitrogens is 2. The van der Waals surface area contributed by atoms with E-state index in [1.165, 1.54) is 30.6 Å². The van der Waals surface area contributed by atoms with Crippen LogP contribution in [0.5, 0.6) is 5.75 Å². The Balaban J connectivity index is 1.44. The quantitative estimate of drug-likeness (QED) is 0.376. The molecule has 0 atom stereocenters. The fraction of sp³-hybridized carbons (Fsp3) is 0.269. The Bertz CT molecular complexity index is 1260. The fourth-order valence-corrected chi connectivity index (χ4v) is 4.83. The van der Waals surface area contributed by atoms with E-state index in [0.717, 1.165) is 40.1 Å². The maximum absolute atomic E-state index is 13.0. The minimum absolute atomic E-state index is 0.205. The van der Waals surface area contributed by atoms with E-state index in [0.29, 0.717) is 22.3 Å². The third-order valence-electron chi connectivity index (χ3n) is 5.79. The molecule has 2 aromatic carbocycles. The van der Waals surface area contributed by atoms with E-state index in [9.17, 15) is 4.79 Å². The van der Waals surface area contributed by atoms with Crippen molar-refractivity contribution in [2.75, 3.05) is 5.32 Å². The zero-order chi connectivity index (χ0) is 21.9. The van der Waals surface area contributed by atoms with Gasteiger partial charge in [0, 0.05) is 22.0 Å². The number of carbonyl (C=O) groups excluding carboxylic acids is 1. The highest BCUT2D eigenvalue weighted by Crippen LogP contribution is 2.29. The number of benzene rings is 2. The van der Waals surface area contributed by atoms with Gasteiger partial charge < -0.3 is 4.74 Å². The second-order valence-corrected chi connectivity index (χ2v) is 9.44. The highest BCUT2D eigenvalue weighted by atomic mass is 32.1. The largest absolute Gasteiger partial charge is 0.490 e. The monoisotopic (exact) mass is 443 g/mol. The molecule has 1 aliphatic carbocycles. The number of fused-ring (bicyclic) bond motifs is 1. The van der Waals surface area contributed by atoms with E-state index in [2.05, 4.69) is 10.3 Å². The van der Waals surface area contributed by atoms with E-state index >= 15 is 0 Å².